The standard InChI is InChI=1S/C12H20.C2H6/c1-2-8-5-11-9-3-4-10(7-9)12(11)6-8;1-2/h8-12H,2-7H2,1H3;1-2H3. The molecule has 0 radical (unpaired) electrons. The molecule has 4 unspecified atom stereocenters. The molecule has 0 spiro atoms. The van der Waals surface area contributed by atoms with Gasteiger partial charge in [0.2, 0.25) is 0 Å². The van der Waals surface area contributed by atoms with Crippen molar-refractivity contribution in [1.82, 2.24) is 0 Å². The van der Waals surface area contributed by atoms with Crippen LogP contribution in [0.4, 0.5) is 0 Å². The Balaban J connectivity index is 0.000000354. The highest BCUT2D eigenvalue weighted by atomic mass is 14.6. The minimum atomic E-state index is 1.11. The Labute approximate surface area is 89.5 Å². The molecular weight excluding hydrogens is 168 g/mol. The summed E-state index contributed by atoms with van der Waals surface area (Å²) < 4.78 is 0. The van der Waals surface area contributed by atoms with Crippen molar-refractivity contribution in [2.24, 2.45) is 29.6 Å². The van der Waals surface area contributed by atoms with E-state index in [1.165, 1.54) is 30.1 Å². The zero-order valence-corrected chi connectivity index (χ0v) is 10.1. The maximum Gasteiger partial charge on any atom is -0.0352 e. The highest BCUT2D eigenvalue weighted by molar-refractivity contribution is 5.00. The van der Waals surface area contributed by atoms with Crippen LogP contribution in [0.5, 0.6) is 0 Å². The molecule has 3 aliphatic rings. The molecule has 0 saturated heterocycles. The van der Waals surface area contributed by atoms with Crippen LogP contribution in [0, 0.1) is 29.6 Å². The Hall–Kier alpha value is 0. The molecule has 0 amide bonds. The van der Waals surface area contributed by atoms with Crippen LogP contribution >= 0.6 is 0 Å². The first-order chi connectivity index (χ1) is 6.88. The summed E-state index contributed by atoms with van der Waals surface area (Å²) in [5.74, 6) is 5.85. The monoisotopic (exact) mass is 194 g/mol. The van der Waals surface area contributed by atoms with Crippen LogP contribution in [0.25, 0.3) is 0 Å². The first kappa shape index (κ1) is 10.5. The molecule has 3 saturated carbocycles. The van der Waals surface area contributed by atoms with Gasteiger partial charge < -0.3 is 0 Å². The molecule has 0 heterocycles. The first-order valence-corrected chi connectivity index (χ1v) is 6.88. The normalized spacial score (nSPS) is 48.6. The van der Waals surface area contributed by atoms with Crippen LogP contribution in [-0.4, -0.2) is 0 Å². The Bertz CT molecular complexity index is 166. The van der Waals surface area contributed by atoms with E-state index in [-0.39, 0.29) is 0 Å². The molecule has 0 nitrogen and oxygen atoms in total. The van der Waals surface area contributed by atoms with Gasteiger partial charge in [-0.05, 0) is 61.7 Å². The van der Waals surface area contributed by atoms with Crippen LogP contribution in [-0.2, 0) is 0 Å². The summed E-state index contributed by atoms with van der Waals surface area (Å²) in [5.41, 5.74) is 0. The highest BCUT2D eigenvalue weighted by Gasteiger charge is 2.51. The van der Waals surface area contributed by atoms with Crippen LogP contribution in [0.3, 0.4) is 0 Å². The average Bonchev–Trinajstić information content (AvgIpc) is 2.92. The molecule has 0 heteroatoms. The lowest BCUT2D eigenvalue weighted by Crippen LogP contribution is -2.15. The molecule has 3 rings (SSSR count). The Morgan fingerprint density at radius 2 is 1.36 bits per heavy atom. The van der Waals surface area contributed by atoms with E-state index in [4.69, 9.17) is 0 Å². The average molecular weight is 194 g/mol. The van der Waals surface area contributed by atoms with Crippen LogP contribution in [0.15, 0.2) is 0 Å². The summed E-state index contributed by atoms with van der Waals surface area (Å²) in [4.78, 5) is 0. The van der Waals surface area contributed by atoms with E-state index in [2.05, 4.69) is 6.92 Å². The van der Waals surface area contributed by atoms with E-state index in [1.807, 2.05) is 13.8 Å². The van der Waals surface area contributed by atoms with Gasteiger partial charge in [-0.3, -0.25) is 0 Å². The van der Waals surface area contributed by atoms with Crippen molar-refractivity contribution in [3.8, 4) is 0 Å². The van der Waals surface area contributed by atoms with E-state index in [9.17, 15) is 0 Å². The summed E-state index contributed by atoms with van der Waals surface area (Å²) in [6, 6.07) is 0. The van der Waals surface area contributed by atoms with Crippen molar-refractivity contribution in [3.05, 3.63) is 0 Å². The summed E-state index contributed by atoms with van der Waals surface area (Å²) in [6.45, 7) is 6.38. The second kappa shape index (κ2) is 4.24. The predicted molar refractivity (Wildman–Crippen MR) is 62.2 cm³/mol. The van der Waals surface area contributed by atoms with E-state index >= 15 is 0 Å². The quantitative estimate of drug-likeness (QED) is 0.577. The van der Waals surface area contributed by atoms with Gasteiger partial charge in [-0.1, -0.05) is 27.2 Å². The zero-order valence-electron chi connectivity index (χ0n) is 10.1. The van der Waals surface area contributed by atoms with E-state index < -0.39 is 0 Å². The van der Waals surface area contributed by atoms with E-state index in [0.717, 1.165) is 5.92 Å². The van der Waals surface area contributed by atoms with Crippen molar-refractivity contribution in [3.63, 3.8) is 0 Å². The zero-order chi connectivity index (χ0) is 10.1. The molecule has 4 atom stereocenters. The van der Waals surface area contributed by atoms with Crippen molar-refractivity contribution < 1.29 is 0 Å². The van der Waals surface area contributed by atoms with Crippen molar-refractivity contribution in [1.29, 1.82) is 0 Å². The number of hydrogen-bond donors (Lipinski definition) is 0. The lowest BCUT2D eigenvalue weighted by atomic mass is 9.82. The molecule has 0 aliphatic heterocycles. The number of rotatable bonds is 1. The van der Waals surface area contributed by atoms with Gasteiger partial charge in [-0.2, -0.15) is 0 Å². The second-order valence-corrected chi connectivity index (χ2v) is 5.41. The molecule has 3 aliphatic carbocycles. The molecule has 0 aromatic heterocycles. The van der Waals surface area contributed by atoms with E-state index in [0.29, 0.717) is 0 Å². The van der Waals surface area contributed by atoms with Gasteiger partial charge in [0.15, 0.2) is 0 Å². The van der Waals surface area contributed by atoms with Gasteiger partial charge in [0.25, 0.3) is 0 Å². The maximum absolute atomic E-state index is 2.38. The number of fused-ring (bicyclic) bond motifs is 5. The summed E-state index contributed by atoms with van der Waals surface area (Å²) in [7, 11) is 0. The molecule has 3 fully saturated rings. The van der Waals surface area contributed by atoms with Gasteiger partial charge in [0, 0.05) is 0 Å². The predicted octanol–water partition coefficient (Wildman–Crippen LogP) is 4.49. The SMILES string of the molecule is CC.CCC1CC2C3CCC(C3)C2C1. The summed E-state index contributed by atoms with van der Waals surface area (Å²) >= 11 is 0. The lowest BCUT2D eigenvalue weighted by Gasteiger charge is -2.23. The minimum Gasteiger partial charge on any atom is -0.0683 e. The Kier molecular flexibility index (Phi) is 3.19. The van der Waals surface area contributed by atoms with Crippen LogP contribution < -0.4 is 0 Å². The smallest absolute Gasteiger partial charge is 0.0352 e. The Morgan fingerprint density at radius 1 is 0.857 bits per heavy atom. The molecular formula is C14H26. The third-order valence-corrected chi connectivity index (χ3v) is 5.06. The third kappa shape index (κ3) is 1.51. The molecule has 82 valence electrons. The van der Waals surface area contributed by atoms with Gasteiger partial charge >= 0.3 is 0 Å². The molecule has 0 aromatic carbocycles. The highest BCUT2D eigenvalue weighted by Crippen LogP contribution is 2.60. The molecule has 0 N–H and O–H groups in total. The fraction of sp³-hybridized carbons (Fsp3) is 1.00. The van der Waals surface area contributed by atoms with Gasteiger partial charge in [0.1, 0.15) is 0 Å². The molecule has 0 aromatic rings. The van der Waals surface area contributed by atoms with Crippen molar-refractivity contribution >= 4 is 0 Å². The van der Waals surface area contributed by atoms with E-state index in [1.54, 1.807) is 32.1 Å². The fourth-order valence-corrected chi connectivity index (χ4v) is 4.46. The maximum atomic E-state index is 2.38. The lowest BCUT2D eigenvalue weighted by molar-refractivity contribution is 0.259. The third-order valence-electron chi connectivity index (χ3n) is 5.06. The van der Waals surface area contributed by atoms with Crippen molar-refractivity contribution in [2.75, 3.05) is 0 Å². The second-order valence-electron chi connectivity index (χ2n) is 5.41. The van der Waals surface area contributed by atoms with Crippen LogP contribution in [0.2, 0.25) is 0 Å². The summed E-state index contributed by atoms with van der Waals surface area (Å²) in [6.07, 6.45) is 9.44. The number of hydrogen-bond acceptors (Lipinski definition) is 0. The molecule has 14 heavy (non-hydrogen) atoms. The Morgan fingerprint density at radius 3 is 1.79 bits per heavy atom. The summed E-state index contributed by atoms with van der Waals surface area (Å²) in [5, 5.41) is 0. The largest absolute Gasteiger partial charge is 0.0683 e. The van der Waals surface area contributed by atoms with Gasteiger partial charge in [0.05, 0.1) is 0 Å². The minimum absolute atomic E-state index is 1.11. The van der Waals surface area contributed by atoms with Gasteiger partial charge in [-0.15, -0.1) is 0 Å². The first-order valence-electron chi connectivity index (χ1n) is 6.88. The van der Waals surface area contributed by atoms with Gasteiger partial charge in [-0.25, -0.2) is 0 Å². The van der Waals surface area contributed by atoms with Crippen molar-refractivity contribution in [2.45, 2.75) is 59.3 Å². The van der Waals surface area contributed by atoms with Crippen LogP contribution in [0.1, 0.15) is 59.3 Å². The molecule has 2 bridgehead atoms. The topological polar surface area (TPSA) is 0 Å². The fourth-order valence-electron chi connectivity index (χ4n) is 4.46.